The summed E-state index contributed by atoms with van der Waals surface area (Å²) in [5, 5.41) is 2.63. The van der Waals surface area contributed by atoms with Crippen LogP contribution in [0.5, 0.6) is 0 Å². The SMILES string of the molecule is O=C(CCN1CCOCC1)Nc1cc(=O)n(-c2ccc(F)cc2)c(=O)n1-c1ccc(F)cc1. The Labute approximate surface area is 187 Å². The number of anilines is 1. The highest BCUT2D eigenvalue weighted by molar-refractivity contribution is 5.90. The van der Waals surface area contributed by atoms with Gasteiger partial charge in [0.25, 0.3) is 5.56 Å². The maximum absolute atomic E-state index is 13.5. The average Bonchev–Trinajstić information content (AvgIpc) is 2.80. The molecule has 3 aromatic rings. The van der Waals surface area contributed by atoms with Crippen LogP contribution in [0.2, 0.25) is 0 Å². The number of hydrogen-bond acceptors (Lipinski definition) is 5. The van der Waals surface area contributed by atoms with Gasteiger partial charge in [-0.3, -0.25) is 14.5 Å². The molecule has 10 heteroatoms. The highest BCUT2D eigenvalue weighted by Crippen LogP contribution is 2.15. The van der Waals surface area contributed by atoms with Gasteiger partial charge in [-0.05, 0) is 48.5 Å². The molecular formula is C23H22F2N4O4. The normalized spacial score (nSPS) is 14.2. The van der Waals surface area contributed by atoms with Crippen molar-refractivity contribution >= 4 is 11.7 Å². The first-order valence-electron chi connectivity index (χ1n) is 10.4. The molecule has 1 saturated heterocycles. The smallest absolute Gasteiger partial charge is 0.341 e. The van der Waals surface area contributed by atoms with Crippen LogP contribution in [0.3, 0.4) is 0 Å². The van der Waals surface area contributed by atoms with E-state index in [4.69, 9.17) is 4.74 Å². The van der Waals surface area contributed by atoms with Crippen molar-refractivity contribution in [2.45, 2.75) is 6.42 Å². The van der Waals surface area contributed by atoms with Crippen molar-refractivity contribution in [1.82, 2.24) is 14.0 Å². The van der Waals surface area contributed by atoms with E-state index in [0.29, 0.717) is 19.8 Å². The largest absolute Gasteiger partial charge is 0.379 e. The fraction of sp³-hybridized carbons (Fsp3) is 0.261. The molecule has 0 saturated carbocycles. The standard InChI is InChI=1S/C23H22F2N4O4/c24-16-1-5-18(6-2-16)28-20(26-21(30)9-10-27-11-13-33-14-12-27)15-22(31)29(23(28)32)19-7-3-17(25)4-8-19/h1-8,15H,9-14H2,(H,26,30). The van der Waals surface area contributed by atoms with E-state index in [0.717, 1.165) is 40.4 Å². The van der Waals surface area contributed by atoms with Crippen molar-refractivity contribution in [1.29, 1.82) is 0 Å². The van der Waals surface area contributed by atoms with Gasteiger partial charge in [-0.15, -0.1) is 0 Å². The van der Waals surface area contributed by atoms with E-state index in [1.807, 2.05) is 0 Å². The summed E-state index contributed by atoms with van der Waals surface area (Å²) < 4.78 is 34.1. The summed E-state index contributed by atoms with van der Waals surface area (Å²) in [6, 6.07) is 11.0. The van der Waals surface area contributed by atoms with Gasteiger partial charge >= 0.3 is 5.69 Å². The van der Waals surface area contributed by atoms with E-state index in [1.165, 1.54) is 36.4 Å². The van der Waals surface area contributed by atoms with Gasteiger partial charge in [0.05, 0.1) is 24.6 Å². The molecule has 0 atom stereocenters. The lowest BCUT2D eigenvalue weighted by atomic mass is 10.3. The third-order valence-corrected chi connectivity index (χ3v) is 5.30. The second-order valence-electron chi connectivity index (χ2n) is 7.53. The lowest BCUT2D eigenvalue weighted by molar-refractivity contribution is -0.116. The second-order valence-corrected chi connectivity index (χ2v) is 7.53. The Kier molecular flexibility index (Phi) is 6.76. The molecule has 8 nitrogen and oxygen atoms in total. The van der Waals surface area contributed by atoms with Gasteiger partial charge in [-0.2, -0.15) is 0 Å². The first-order chi connectivity index (χ1) is 15.9. The number of benzene rings is 2. The fourth-order valence-corrected chi connectivity index (χ4v) is 3.59. The Bertz CT molecular complexity index is 1250. The molecule has 1 aliphatic rings. The monoisotopic (exact) mass is 456 g/mol. The minimum absolute atomic E-state index is 0.0399. The zero-order chi connectivity index (χ0) is 23.4. The zero-order valence-electron chi connectivity index (χ0n) is 17.7. The third kappa shape index (κ3) is 5.24. The quantitative estimate of drug-likeness (QED) is 0.613. The molecule has 2 heterocycles. The number of morpholine rings is 1. The van der Waals surface area contributed by atoms with Crippen molar-refractivity contribution in [2.75, 3.05) is 38.2 Å². The predicted molar refractivity (Wildman–Crippen MR) is 118 cm³/mol. The Hall–Kier alpha value is -3.63. The van der Waals surface area contributed by atoms with Crippen LogP contribution in [0, 0.1) is 11.6 Å². The predicted octanol–water partition coefficient (Wildman–Crippen LogP) is 1.93. The summed E-state index contributed by atoms with van der Waals surface area (Å²) in [6.07, 6.45) is 0.151. The van der Waals surface area contributed by atoms with Crippen molar-refractivity contribution < 1.29 is 18.3 Å². The van der Waals surface area contributed by atoms with Crippen LogP contribution in [0.15, 0.2) is 64.2 Å². The van der Waals surface area contributed by atoms with E-state index in [2.05, 4.69) is 10.2 Å². The number of nitrogens with zero attached hydrogens (tertiary/aromatic N) is 3. The van der Waals surface area contributed by atoms with Crippen LogP contribution >= 0.6 is 0 Å². The van der Waals surface area contributed by atoms with Gasteiger partial charge in [0.15, 0.2) is 0 Å². The number of rotatable bonds is 6. The summed E-state index contributed by atoms with van der Waals surface area (Å²) in [5.74, 6) is -1.44. The highest BCUT2D eigenvalue weighted by atomic mass is 19.1. The van der Waals surface area contributed by atoms with Crippen molar-refractivity contribution in [3.05, 3.63) is 87.1 Å². The number of ether oxygens (including phenoxy) is 1. The molecule has 2 aromatic carbocycles. The lowest BCUT2D eigenvalue weighted by Crippen LogP contribution is -2.40. The van der Waals surface area contributed by atoms with Gasteiger partial charge in [0, 0.05) is 32.1 Å². The molecule has 0 aliphatic carbocycles. The summed E-state index contributed by atoms with van der Waals surface area (Å²) in [4.78, 5) is 40.8. The van der Waals surface area contributed by atoms with Crippen LogP contribution in [-0.2, 0) is 9.53 Å². The number of hydrogen-bond donors (Lipinski definition) is 1. The van der Waals surface area contributed by atoms with Gasteiger partial charge in [0.1, 0.15) is 17.5 Å². The lowest BCUT2D eigenvalue weighted by Gasteiger charge is -2.26. The van der Waals surface area contributed by atoms with Gasteiger partial charge < -0.3 is 10.1 Å². The highest BCUT2D eigenvalue weighted by Gasteiger charge is 2.18. The number of carbonyl (C=O) groups is 1. The van der Waals surface area contributed by atoms with Gasteiger partial charge in [-0.1, -0.05) is 0 Å². The number of carbonyl (C=O) groups excluding carboxylic acids is 1. The Morgan fingerprint density at radius 1 is 0.879 bits per heavy atom. The molecule has 33 heavy (non-hydrogen) atoms. The number of aromatic nitrogens is 2. The van der Waals surface area contributed by atoms with E-state index in [1.54, 1.807) is 0 Å². The molecular weight excluding hydrogens is 434 g/mol. The minimum atomic E-state index is -0.788. The molecule has 0 bridgehead atoms. The van der Waals surface area contributed by atoms with E-state index >= 15 is 0 Å². The Morgan fingerprint density at radius 2 is 1.42 bits per heavy atom. The van der Waals surface area contributed by atoms with E-state index < -0.39 is 22.9 Å². The maximum atomic E-state index is 13.5. The van der Waals surface area contributed by atoms with E-state index in [-0.39, 0.29) is 29.5 Å². The average molecular weight is 456 g/mol. The van der Waals surface area contributed by atoms with Crippen LogP contribution in [0.25, 0.3) is 11.4 Å². The van der Waals surface area contributed by atoms with Crippen LogP contribution in [-0.4, -0.2) is 52.8 Å². The molecule has 1 aromatic heterocycles. The molecule has 4 rings (SSSR count). The molecule has 1 aliphatic heterocycles. The molecule has 1 fully saturated rings. The second kappa shape index (κ2) is 9.88. The van der Waals surface area contributed by atoms with Gasteiger partial charge in [-0.25, -0.2) is 22.7 Å². The fourth-order valence-electron chi connectivity index (χ4n) is 3.59. The van der Waals surface area contributed by atoms with Gasteiger partial charge in [0.2, 0.25) is 5.91 Å². The van der Waals surface area contributed by atoms with E-state index in [9.17, 15) is 23.2 Å². The molecule has 1 amide bonds. The number of nitrogens with one attached hydrogen (secondary N) is 1. The summed E-state index contributed by atoms with van der Waals surface area (Å²) >= 11 is 0. The first-order valence-corrected chi connectivity index (χ1v) is 10.4. The van der Waals surface area contributed by atoms with Crippen molar-refractivity contribution in [2.24, 2.45) is 0 Å². The number of halogens is 2. The topological polar surface area (TPSA) is 85.6 Å². The Balaban J connectivity index is 1.70. The molecule has 0 radical (unpaired) electrons. The maximum Gasteiger partial charge on any atom is 0.341 e. The summed E-state index contributed by atoms with van der Waals surface area (Å²) in [5.41, 5.74) is -1.08. The van der Waals surface area contributed by atoms with Crippen LogP contribution < -0.4 is 16.6 Å². The third-order valence-electron chi connectivity index (χ3n) is 5.30. The minimum Gasteiger partial charge on any atom is -0.379 e. The first kappa shape index (κ1) is 22.6. The van der Waals surface area contributed by atoms with Crippen molar-refractivity contribution in [3.8, 4) is 11.4 Å². The number of amides is 1. The van der Waals surface area contributed by atoms with Crippen molar-refractivity contribution in [3.63, 3.8) is 0 Å². The molecule has 1 N–H and O–H groups in total. The molecule has 0 spiro atoms. The summed E-state index contributed by atoms with van der Waals surface area (Å²) in [7, 11) is 0. The summed E-state index contributed by atoms with van der Waals surface area (Å²) in [6.45, 7) is 3.16. The molecule has 172 valence electrons. The zero-order valence-corrected chi connectivity index (χ0v) is 17.7. The molecule has 0 unspecified atom stereocenters. The van der Waals surface area contributed by atoms with Crippen LogP contribution in [0.1, 0.15) is 6.42 Å². The van der Waals surface area contributed by atoms with Crippen LogP contribution in [0.4, 0.5) is 14.6 Å². The Morgan fingerprint density at radius 3 is 2.00 bits per heavy atom.